The normalized spacial score (nSPS) is 12.4. The summed E-state index contributed by atoms with van der Waals surface area (Å²) in [5.74, 6) is 0.173. The van der Waals surface area contributed by atoms with Crippen LogP contribution >= 0.6 is 7.60 Å². The van der Waals surface area contributed by atoms with Crippen molar-refractivity contribution in [2.24, 2.45) is 0 Å². The fourth-order valence-corrected chi connectivity index (χ4v) is 5.63. The third kappa shape index (κ3) is 8.04. The van der Waals surface area contributed by atoms with Gasteiger partial charge in [-0.25, -0.2) is 8.42 Å². The van der Waals surface area contributed by atoms with Gasteiger partial charge in [0.15, 0.2) is 9.84 Å². The molecular weight excluding hydrogens is 359 g/mol. The van der Waals surface area contributed by atoms with E-state index in [2.05, 4.69) is 6.92 Å². The fourth-order valence-electron chi connectivity index (χ4n) is 2.56. The van der Waals surface area contributed by atoms with Gasteiger partial charge in [-0.05, 0) is 38.0 Å². The van der Waals surface area contributed by atoms with Crippen LogP contribution in [0.25, 0.3) is 0 Å². The number of hydrogen-bond donors (Lipinski definition) is 0. The monoisotopic (exact) mass is 390 g/mol. The van der Waals surface area contributed by atoms with E-state index in [9.17, 15) is 13.0 Å². The lowest BCUT2D eigenvalue weighted by Crippen LogP contribution is -2.07. The Morgan fingerprint density at radius 1 is 0.880 bits per heavy atom. The quantitative estimate of drug-likeness (QED) is 0.342. The molecule has 7 heteroatoms. The van der Waals surface area contributed by atoms with Crippen LogP contribution in [0.1, 0.15) is 58.4 Å². The van der Waals surface area contributed by atoms with E-state index in [0.717, 1.165) is 31.2 Å². The van der Waals surface area contributed by atoms with E-state index in [0.29, 0.717) is 24.5 Å². The highest BCUT2D eigenvalue weighted by atomic mass is 32.2. The number of benzene rings is 1. The molecule has 0 bridgehead atoms. The second-order valence-corrected chi connectivity index (χ2v) is 10.1. The number of hydrogen-bond acceptors (Lipinski definition) is 5. The van der Waals surface area contributed by atoms with E-state index in [1.165, 1.54) is 0 Å². The van der Waals surface area contributed by atoms with Gasteiger partial charge < -0.3 is 9.05 Å². The first-order chi connectivity index (χ1) is 11.9. The minimum atomic E-state index is -3.26. The molecule has 0 spiro atoms. The van der Waals surface area contributed by atoms with Crippen LogP contribution in [0.4, 0.5) is 0 Å². The Bertz CT molecular complexity index is 630. The van der Waals surface area contributed by atoms with Gasteiger partial charge in [-0.2, -0.15) is 0 Å². The smallest absolute Gasteiger partial charge is 0.309 e. The summed E-state index contributed by atoms with van der Waals surface area (Å²) in [6, 6.07) is 6.54. The number of sulfone groups is 1. The highest BCUT2D eigenvalue weighted by Crippen LogP contribution is 2.51. The largest absolute Gasteiger partial charge is 0.335 e. The van der Waals surface area contributed by atoms with E-state index in [-0.39, 0.29) is 11.9 Å². The standard InChI is InChI=1S/C18H31O5PS/c1-4-7-8-9-10-15-25(20,21)18-13-11-17(12-14-18)16-24(19,22-5-2)23-6-3/h11-14H,4-10,15-16H2,1-3H3. The van der Waals surface area contributed by atoms with E-state index in [1.54, 1.807) is 38.1 Å². The molecule has 0 aliphatic rings. The molecule has 0 radical (unpaired) electrons. The highest BCUT2D eigenvalue weighted by molar-refractivity contribution is 7.91. The summed E-state index contributed by atoms with van der Waals surface area (Å²) >= 11 is 0. The number of unbranched alkanes of at least 4 members (excludes halogenated alkanes) is 4. The molecule has 0 fully saturated rings. The van der Waals surface area contributed by atoms with E-state index < -0.39 is 17.4 Å². The van der Waals surface area contributed by atoms with Crippen LogP contribution in [-0.2, 0) is 29.6 Å². The second-order valence-electron chi connectivity index (χ2n) is 5.98. The first-order valence-corrected chi connectivity index (χ1v) is 12.4. The van der Waals surface area contributed by atoms with Gasteiger partial charge in [-0.15, -0.1) is 0 Å². The summed E-state index contributed by atoms with van der Waals surface area (Å²) in [5.41, 5.74) is 0.743. The average Bonchev–Trinajstić information content (AvgIpc) is 2.55. The molecule has 0 aliphatic heterocycles. The molecule has 1 aromatic carbocycles. The third-order valence-electron chi connectivity index (χ3n) is 3.83. The Hall–Kier alpha value is -0.680. The molecule has 144 valence electrons. The Morgan fingerprint density at radius 3 is 1.96 bits per heavy atom. The van der Waals surface area contributed by atoms with Crippen LogP contribution in [0, 0.1) is 0 Å². The molecule has 25 heavy (non-hydrogen) atoms. The summed E-state index contributed by atoms with van der Waals surface area (Å²) in [6.07, 6.45) is 5.14. The summed E-state index contributed by atoms with van der Waals surface area (Å²) in [5, 5.41) is 0. The first-order valence-electron chi connectivity index (χ1n) is 9.06. The van der Waals surface area contributed by atoms with Crippen molar-refractivity contribution in [3.8, 4) is 0 Å². The van der Waals surface area contributed by atoms with Gasteiger partial charge in [0.2, 0.25) is 0 Å². The Balaban J connectivity index is 2.69. The predicted octanol–water partition coefficient (Wildman–Crippen LogP) is 5.20. The van der Waals surface area contributed by atoms with Crippen molar-refractivity contribution in [3.63, 3.8) is 0 Å². The zero-order chi connectivity index (χ0) is 18.8. The zero-order valence-electron chi connectivity index (χ0n) is 15.6. The van der Waals surface area contributed by atoms with Crippen molar-refractivity contribution >= 4 is 17.4 Å². The van der Waals surface area contributed by atoms with Gasteiger partial charge in [-0.3, -0.25) is 4.57 Å². The summed E-state index contributed by atoms with van der Waals surface area (Å²) < 4.78 is 47.8. The molecule has 0 heterocycles. The molecule has 0 aliphatic carbocycles. The minimum Gasteiger partial charge on any atom is -0.309 e. The maximum Gasteiger partial charge on any atom is 0.335 e. The van der Waals surface area contributed by atoms with Crippen molar-refractivity contribution in [1.82, 2.24) is 0 Å². The third-order valence-corrected chi connectivity index (χ3v) is 7.70. The maximum absolute atomic E-state index is 12.5. The van der Waals surface area contributed by atoms with Crippen molar-refractivity contribution in [2.45, 2.75) is 63.9 Å². The van der Waals surface area contributed by atoms with E-state index in [4.69, 9.17) is 9.05 Å². The van der Waals surface area contributed by atoms with Crippen molar-refractivity contribution in [1.29, 1.82) is 0 Å². The molecule has 0 atom stereocenters. The number of rotatable bonds is 13. The summed E-state index contributed by atoms with van der Waals surface area (Å²) in [7, 11) is -6.43. The van der Waals surface area contributed by atoms with Gasteiger partial charge in [0, 0.05) is 0 Å². The zero-order valence-corrected chi connectivity index (χ0v) is 17.3. The van der Waals surface area contributed by atoms with Crippen molar-refractivity contribution in [2.75, 3.05) is 19.0 Å². The molecule has 0 saturated carbocycles. The molecular formula is C18H31O5PS. The lowest BCUT2D eigenvalue weighted by Gasteiger charge is -2.17. The maximum atomic E-state index is 12.5. The van der Waals surface area contributed by atoms with Crippen LogP contribution in [-0.4, -0.2) is 27.4 Å². The first kappa shape index (κ1) is 22.4. The average molecular weight is 390 g/mol. The van der Waals surface area contributed by atoms with Gasteiger partial charge in [0.1, 0.15) is 0 Å². The molecule has 0 unspecified atom stereocenters. The van der Waals surface area contributed by atoms with Gasteiger partial charge >= 0.3 is 7.60 Å². The molecule has 0 N–H and O–H groups in total. The molecule has 0 aromatic heterocycles. The molecule has 1 rings (SSSR count). The van der Waals surface area contributed by atoms with Crippen LogP contribution in [0.3, 0.4) is 0 Å². The predicted molar refractivity (Wildman–Crippen MR) is 102 cm³/mol. The Labute approximate surface area is 152 Å². The lowest BCUT2D eigenvalue weighted by atomic mass is 10.2. The summed E-state index contributed by atoms with van der Waals surface area (Å²) in [6.45, 7) is 6.28. The van der Waals surface area contributed by atoms with Gasteiger partial charge in [0.05, 0.1) is 30.0 Å². The van der Waals surface area contributed by atoms with Crippen molar-refractivity contribution in [3.05, 3.63) is 29.8 Å². The SMILES string of the molecule is CCCCCCCS(=O)(=O)c1ccc(CP(=O)(OCC)OCC)cc1. The van der Waals surface area contributed by atoms with Crippen molar-refractivity contribution < 1.29 is 22.0 Å². The van der Waals surface area contributed by atoms with Crippen LogP contribution < -0.4 is 0 Å². The van der Waals surface area contributed by atoms with Crippen LogP contribution in [0.15, 0.2) is 29.2 Å². The van der Waals surface area contributed by atoms with Crippen LogP contribution in [0.5, 0.6) is 0 Å². The van der Waals surface area contributed by atoms with E-state index >= 15 is 0 Å². The lowest BCUT2D eigenvalue weighted by molar-refractivity contribution is 0.219. The fraction of sp³-hybridized carbons (Fsp3) is 0.667. The molecule has 5 nitrogen and oxygen atoms in total. The van der Waals surface area contributed by atoms with E-state index in [1.807, 2.05) is 0 Å². The highest BCUT2D eigenvalue weighted by Gasteiger charge is 2.24. The minimum absolute atomic E-state index is 0.145. The topological polar surface area (TPSA) is 69.7 Å². The Kier molecular flexibility index (Phi) is 9.95. The van der Waals surface area contributed by atoms with Gasteiger partial charge in [0.25, 0.3) is 0 Å². The van der Waals surface area contributed by atoms with Gasteiger partial charge in [-0.1, -0.05) is 44.7 Å². The molecule has 0 amide bonds. The summed E-state index contributed by atoms with van der Waals surface area (Å²) in [4.78, 5) is 0.314. The second kappa shape index (κ2) is 11.1. The molecule has 1 aromatic rings. The molecule has 0 saturated heterocycles. The van der Waals surface area contributed by atoms with Crippen LogP contribution in [0.2, 0.25) is 0 Å². The Morgan fingerprint density at radius 2 is 1.44 bits per heavy atom.